The minimum atomic E-state index is -0.318. The van der Waals surface area contributed by atoms with Gasteiger partial charge in [-0.15, -0.1) is 0 Å². The molecular formula is C20H24N4O4. The standard InChI is InChI=1S/C20H24N4O4/c1-12-4-5-16(10-18(12)23-20(27)17-11-21-28-13(17)2)22-19(26)15-6-8-24(9-7-15)14(3)25/h4-5,10-11,15H,6-9H2,1-3H3,(H,22,26)(H,23,27). The van der Waals surface area contributed by atoms with Crippen LogP contribution in [0.2, 0.25) is 0 Å². The first-order chi connectivity index (χ1) is 13.3. The Balaban J connectivity index is 1.65. The van der Waals surface area contributed by atoms with Gasteiger partial charge >= 0.3 is 0 Å². The number of likely N-dealkylation sites (tertiary alicyclic amines) is 1. The van der Waals surface area contributed by atoms with Crippen LogP contribution >= 0.6 is 0 Å². The Morgan fingerprint density at radius 1 is 1.14 bits per heavy atom. The van der Waals surface area contributed by atoms with E-state index >= 15 is 0 Å². The number of piperidine rings is 1. The summed E-state index contributed by atoms with van der Waals surface area (Å²) in [4.78, 5) is 38.1. The predicted molar refractivity (Wildman–Crippen MR) is 104 cm³/mol. The molecule has 1 aromatic heterocycles. The zero-order chi connectivity index (χ0) is 20.3. The Morgan fingerprint density at radius 2 is 1.86 bits per heavy atom. The highest BCUT2D eigenvalue weighted by Gasteiger charge is 2.26. The Hall–Kier alpha value is -3.16. The molecule has 8 nitrogen and oxygen atoms in total. The van der Waals surface area contributed by atoms with Gasteiger partial charge in [0.2, 0.25) is 11.8 Å². The number of hydrogen-bond acceptors (Lipinski definition) is 5. The van der Waals surface area contributed by atoms with Crippen molar-refractivity contribution in [2.45, 2.75) is 33.6 Å². The van der Waals surface area contributed by atoms with E-state index in [0.29, 0.717) is 48.6 Å². The highest BCUT2D eigenvalue weighted by atomic mass is 16.5. The number of carbonyl (C=O) groups excluding carboxylic acids is 3. The summed E-state index contributed by atoms with van der Waals surface area (Å²) in [7, 11) is 0. The molecule has 8 heteroatoms. The molecule has 2 heterocycles. The molecule has 1 saturated heterocycles. The Kier molecular flexibility index (Phi) is 5.77. The quantitative estimate of drug-likeness (QED) is 0.843. The highest BCUT2D eigenvalue weighted by Crippen LogP contribution is 2.24. The Morgan fingerprint density at radius 3 is 2.46 bits per heavy atom. The molecule has 148 valence electrons. The summed E-state index contributed by atoms with van der Waals surface area (Å²) >= 11 is 0. The second kappa shape index (κ2) is 8.24. The highest BCUT2D eigenvalue weighted by molar-refractivity contribution is 6.05. The first kappa shape index (κ1) is 19.6. The molecule has 1 fully saturated rings. The lowest BCUT2D eigenvalue weighted by molar-refractivity contribution is -0.132. The van der Waals surface area contributed by atoms with E-state index in [1.54, 1.807) is 30.9 Å². The van der Waals surface area contributed by atoms with Crippen molar-refractivity contribution in [2.75, 3.05) is 23.7 Å². The lowest BCUT2D eigenvalue weighted by atomic mass is 9.95. The molecule has 0 aliphatic carbocycles. The van der Waals surface area contributed by atoms with Crippen LogP contribution in [0.1, 0.15) is 41.4 Å². The average molecular weight is 384 g/mol. The number of nitrogens with one attached hydrogen (secondary N) is 2. The Bertz CT molecular complexity index is 897. The van der Waals surface area contributed by atoms with E-state index in [1.807, 2.05) is 13.0 Å². The maximum atomic E-state index is 12.6. The van der Waals surface area contributed by atoms with Crippen molar-refractivity contribution in [1.29, 1.82) is 0 Å². The van der Waals surface area contributed by atoms with Crippen LogP contribution in [0.3, 0.4) is 0 Å². The fourth-order valence-corrected chi connectivity index (χ4v) is 3.24. The number of anilines is 2. The monoisotopic (exact) mass is 384 g/mol. The molecule has 0 saturated carbocycles. The second-order valence-corrected chi connectivity index (χ2v) is 7.05. The van der Waals surface area contributed by atoms with Crippen LogP contribution in [-0.2, 0) is 9.59 Å². The fourth-order valence-electron chi connectivity index (χ4n) is 3.24. The number of nitrogens with zero attached hydrogens (tertiary/aromatic N) is 2. The van der Waals surface area contributed by atoms with Gasteiger partial charge in [0.1, 0.15) is 11.3 Å². The molecule has 28 heavy (non-hydrogen) atoms. The average Bonchev–Trinajstić information content (AvgIpc) is 3.10. The van der Waals surface area contributed by atoms with E-state index < -0.39 is 0 Å². The van der Waals surface area contributed by atoms with Crippen molar-refractivity contribution in [3.63, 3.8) is 0 Å². The van der Waals surface area contributed by atoms with Crippen LogP contribution in [0.15, 0.2) is 28.9 Å². The third kappa shape index (κ3) is 4.39. The first-order valence-corrected chi connectivity index (χ1v) is 9.25. The van der Waals surface area contributed by atoms with Gasteiger partial charge in [0.25, 0.3) is 5.91 Å². The van der Waals surface area contributed by atoms with Crippen molar-refractivity contribution in [2.24, 2.45) is 5.92 Å². The van der Waals surface area contributed by atoms with E-state index in [9.17, 15) is 14.4 Å². The van der Waals surface area contributed by atoms with Gasteiger partial charge < -0.3 is 20.1 Å². The molecule has 1 aliphatic heterocycles. The molecule has 0 radical (unpaired) electrons. The summed E-state index contributed by atoms with van der Waals surface area (Å²) < 4.78 is 4.93. The topological polar surface area (TPSA) is 105 Å². The largest absolute Gasteiger partial charge is 0.361 e. The second-order valence-electron chi connectivity index (χ2n) is 7.05. The van der Waals surface area contributed by atoms with Crippen molar-refractivity contribution >= 4 is 29.1 Å². The van der Waals surface area contributed by atoms with Crippen LogP contribution in [0.4, 0.5) is 11.4 Å². The number of benzene rings is 1. The van der Waals surface area contributed by atoms with Crippen molar-refractivity contribution in [1.82, 2.24) is 10.1 Å². The van der Waals surface area contributed by atoms with Crippen molar-refractivity contribution in [3.8, 4) is 0 Å². The number of carbonyl (C=O) groups is 3. The molecule has 0 unspecified atom stereocenters. The summed E-state index contributed by atoms with van der Waals surface area (Å²) in [6.07, 6.45) is 2.67. The van der Waals surface area contributed by atoms with E-state index in [0.717, 1.165) is 5.56 Å². The normalized spacial score (nSPS) is 14.6. The number of amides is 3. The molecular weight excluding hydrogens is 360 g/mol. The number of aryl methyl sites for hydroxylation is 2. The molecule has 3 rings (SSSR count). The van der Waals surface area contributed by atoms with E-state index in [-0.39, 0.29) is 23.6 Å². The SMILES string of the molecule is CC(=O)N1CCC(C(=O)Nc2ccc(C)c(NC(=O)c3cnoc3C)c2)CC1. The molecule has 3 amide bonds. The first-order valence-electron chi connectivity index (χ1n) is 9.25. The van der Waals surface area contributed by atoms with E-state index in [2.05, 4.69) is 15.8 Å². The summed E-state index contributed by atoms with van der Waals surface area (Å²) in [6, 6.07) is 5.38. The predicted octanol–water partition coefficient (Wildman–Crippen LogP) is 2.74. The van der Waals surface area contributed by atoms with Crippen LogP contribution in [0.25, 0.3) is 0 Å². The van der Waals surface area contributed by atoms with Gasteiger partial charge in [-0.1, -0.05) is 11.2 Å². The lowest BCUT2D eigenvalue weighted by Gasteiger charge is -2.30. The van der Waals surface area contributed by atoms with Crippen LogP contribution < -0.4 is 10.6 Å². The third-order valence-electron chi connectivity index (χ3n) is 5.06. The zero-order valence-corrected chi connectivity index (χ0v) is 16.2. The summed E-state index contributed by atoms with van der Waals surface area (Å²) in [5, 5.41) is 9.36. The molecule has 0 bridgehead atoms. The van der Waals surface area contributed by atoms with Crippen LogP contribution in [0, 0.1) is 19.8 Å². The molecule has 0 spiro atoms. The third-order valence-corrected chi connectivity index (χ3v) is 5.06. The van der Waals surface area contributed by atoms with Gasteiger partial charge in [0.05, 0.1) is 6.20 Å². The van der Waals surface area contributed by atoms with Crippen molar-refractivity contribution in [3.05, 3.63) is 41.3 Å². The van der Waals surface area contributed by atoms with E-state index in [4.69, 9.17) is 4.52 Å². The summed E-state index contributed by atoms with van der Waals surface area (Å²) in [6.45, 7) is 6.28. The summed E-state index contributed by atoms with van der Waals surface area (Å²) in [5.74, 6) is -0.0342. The maximum Gasteiger partial charge on any atom is 0.260 e. The molecule has 1 aliphatic rings. The smallest absolute Gasteiger partial charge is 0.260 e. The van der Waals surface area contributed by atoms with Gasteiger partial charge in [0.15, 0.2) is 0 Å². The van der Waals surface area contributed by atoms with Crippen LogP contribution in [-0.4, -0.2) is 40.9 Å². The van der Waals surface area contributed by atoms with Gasteiger partial charge in [-0.3, -0.25) is 14.4 Å². The molecule has 2 N–H and O–H groups in total. The van der Waals surface area contributed by atoms with Crippen molar-refractivity contribution < 1.29 is 18.9 Å². The Labute approximate surface area is 163 Å². The van der Waals surface area contributed by atoms with Gasteiger partial charge in [0, 0.05) is 37.3 Å². The molecule has 2 aromatic rings. The van der Waals surface area contributed by atoms with Crippen LogP contribution in [0.5, 0.6) is 0 Å². The fraction of sp³-hybridized carbons (Fsp3) is 0.400. The molecule has 1 aromatic carbocycles. The maximum absolute atomic E-state index is 12.6. The minimum Gasteiger partial charge on any atom is -0.361 e. The van der Waals surface area contributed by atoms with Gasteiger partial charge in [-0.25, -0.2) is 0 Å². The number of hydrogen-bond donors (Lipinski definition) is 2. The summed E-state index contributed by atoms with van der Waals surface area (Å²) in [5.41, 5.74) is 2.46. The number of rotatable bonds is 4. The lowest BCUT2D eigenvalue weighted by Crippen LogP contribution is -2.40. The zero-order valence-electron chi connectivity index (χ0n) is 16.2. The van der Waals surface area contributed by atoms with Gasteiger partial charge in [-0.05, 0) is 44.4 Å². The number of aromatic nitrogens is 1. The van der Waals surface area contributed by atoms with Gasteiger partial charge in [-0.2, -0.15) is 0 Å². The van der Waals surface area contributed by atoms with E-state index in [1.165, 1.54) is 6.20 Å². The minimum absolute atomic E-state index is 0.0424. The molecule has 0 atom stereocenters.